The van der Waals surface area contributed by atoms with Gasteiger partial charge in [-0.1, -0.05) is 26.0 Å². The van der Waals surface area contributed by atoms with E-state index in [2.05, 4.69) is 0 Å². The molecule has 5 heteroatoms. The van der Waals surface area contributed by atoms with E-state index in [-0.39, 0.29) is 23.7 Å². The predicted octanol–water partition coefficient (Wildman–Crippen LogP) is 3.28. The molecule has 0 aliphatic carbocycles. The Morgan fingerprint density at radius 3 is 2.42 bits per heavy atom. The van der Waals surface area contributed by atoms with Crippen LogP contribution in [0.1, 0.15) is 51.7 Å². The van der Waals surface area contributed by atoms with Gasteiger partial charge in [-0.2, -0.15) is 0 Å². The summed E-state index contributed by atoms with van der Waals surface area (Å²) in [6, 6.07) is 11.0. The summed E-state index contributed by atoms with van der Waals surface area (Å²) in [5, 5.41) is 0. The van der Waals surface area contributed by atoms with E-state index in [0.29, 0.717) is 17.7 Å². The molecule has 0 aromatic heterocycles. The molecule has 3 rings (SSSR count). The lowest BCUT2D eigenvalue weighted by molar-refractivity contribution is 0.0648. The van der Waals surface area contributed by atoms with Gasteiger partial charge >= 0.3 is 0 Å². The molecule has 24 heavy (non-hydrogen) atoms. The van der Waals surface area contributed by atoms with Crippen LogP contribution in [-0.4, -0.2) is 16.7 Å². The normalized spacial score (nSPS) is 14.8. The minimum Gasteiger partial charge on any atom is -0.366 e. The van der Waals surface area contributed by atoms with Crippen LogP contribution in [0.25, 0.3) is 0 Å². The Hall–Kier alpha value is -2.69. The minimum atomic E-state index is -0.511. The molecule has 0 bridgehead atoms. The average molecular weight is 326 g/mol. The lowest BCUT2D eigenvalue weighted by atomic mass is 9.94. The van der Waals surface area contributed by atoms with Crippen LogP contribution in [0.4, 0.5) is 4.39 Å². The molecule has 4 nitrogen and oxygen atoms in total. The van der Waals surface area contributed by atoms with Gasteiger partial charge in [-0.25, -0.2) is 4.39 Å². The highest BCUT2D eigenvalue weighted by atomic mass is 19.1. The van der Waals surface area contributed by atoms with Gasteiger partial charge < -0.3 is 10.6 Å². The van der Waals surface area contributed by atoms with Crippen LogP contribution in [0.3, 0.4) is 0 Å². The van der Waals surface area contributed by atoms with Gasteiger partial charge in [0.2, 0.25) is 5.91 Å². The third kappa shape index (κ3) is 2.77. The Kier molecular flexibility index (Phi) is 4.09. The summed E-state index contributed by atoms with van der Waals surface area (Å²) >= 11 is 0. The third-order valence-corrected chi connectivity index (χ3v) is 4.40. The number of primary amides is 1. The van der Waals surface area contributed by atoms with Crippen molar-refractivity contribution in [1.82, 2.24) is 4.90 Å². The zero-order valence-electron chi connectivity index (χ0n) is 13.6. The highest BCUT2D eigenvalue weighted by Crippen LogP contribution is 2.36. The second-order valence-corrected chi connectivity index (χ2v) is 6.41. The molecule has 2 amide bonds. The van der Waals surface area contributed by atoms with Crippen molar-refractivity contribution in [3.8, 4) is 0 Å². The van der Waals surface area contributed by atoms with E-state index in [0.717, 1.165) is 11.1 Å². The Labute approximate surface area is 140 Å². The summed E-state index contributed by atoms with van der Waals surface area (Å²) in [7, 11) is 0. The number of amides is 2. The molecule has 2 aromatic rings. The standard InChI is InChI=1S/C19H19FN2O2/c1-11(2)17(12-3-6-15(20)7-4-12)22-10-14-9-13(18(21)23)5-8-16(14)19(22)24/h3-9,11,17H,10H2,1-2H3,(H2,21,23)/t17-/m0/s1. The number of benzene rings is 2. The molecular formula is C19H19FN2O2. The highest BCUT2D eigenvalue weighted by Gasteiger charge is 2.35. The van der Waals surface area contributed by atoms with Gasteiger partial charge in [0.1, 0.15) is 5.82 Å². The van der Waals surface area contributed by atoms with Crippen molar-refractivity contribution in [2.75, 3.05) is 0 Å². The van der Waals surface area contributed by atoms with Crippen LogP contribution < -0.4 is 5.73 Å². The Balaban J connectivity index is 1.97. The molecule has 2 aromatic carbocycles. The van der Waals surface area contributed by atoms with E-state index in [4.69, 9.17) is 5.73 Å². The number of nitrogens with two attached hydrogens (primary N) is 1. The zero-order chi connectivity index (χ0) is 17.4. The van der Waals surface area contributed by atoms with Crippen molar-refractivity contribution in [3.05, 3.63) is 70.5 Å². The van der Waals surface area contributed by atoms with Crippen LogP contribution in [0.5, 0.6) is 0 Å². The van der Waals surface area contributed by atoms with Gasteiger partial charge in [0.15, 0.2) is 0 Å². The van der Waals surface area contributed by atoms with Crippen LogP contribution in [0.15, 0.2) is 42.5 Å². The quantitative estimate of drug-likeness (QED) is 0.937. The monoisotopic (exact) mass is 326 g/mol. The Morgan fingerprint density at radius 2 is 1.83 bits per heavy atom. The van der Waals surface area contributed by atoms with Gasteiger partial charge in [-0.15, -0.1) is 0 Å². The summed E-state index contributed by atoms with van der Waals surface area (Å²) < 4.78 is 13.2. The molecular weight excluding hydrogens is 307 g/mol. The first-order valence-corrected chi connectivity index (χ1v) is 7.87. The van der Waals surface area contributed by atoms with Gasteiger partial charge in [0, 0.05) is 17.7 Å². The highest BCUT2D eigenvalue weighted by molar-refractivity contribution is 6.01. The van der Waals surface area contributed by atoms with Crippen molar-refractivity contribution in [2.45, 2.75) is 26.4 Å². The van der Waals surface area contributed by atoms with Crippen molar-refractivity contribution in [2.24, 2.45) is 11.7 Å². The van der Waals surface area contributed by atoms with Crippen LogP contribution in [-0.2, 0) is 6.54 Å². The van der Waals surface area contributed by atoms with Crippen LogP contribution >= 0.6 is 0 Å². The molecule has 0 spiro atoms. The van der Waals surface area contributed by atoms with E-state index in [9.17, 15) is 14.0 Å². The average Bonchev–Trinajstić information content (AvgIpc) is 2.85. The minimum absolute atomic E-state index is 0.0796. The second kappa shape index (κ2) is 6.07. The molecule has 0 radical (unpaired) electrons. The number of fused-ring (bicyclic) bond motifs is 1. The van der Waals surface area contributed by atoms with E-state index < -0.39 is 5.91 Å². The summed E-state index contributed by atoms with van der Waals surface area (Å²) in [5.41, 5.74) is 7.99. The number of carbonyl (C=O) groups is 2. The SMILES string of the molecule is CC(C)[C@@H](c1ccc(F)cc1)N1Cc2cc(C(N)=O)ccc2C1=O. The van der Waals surface area contributed by atoms with Gasteiger partial charge in [0.25, 0.3) is 5.91 Å². The number of nitrogens with zero attached hydrogens (tertiary/aromatic N) is 1. The maximum Gasteiger partial charge on any atom is 0.255 e. The fourth-order valence-corrected chi connectivity index (χ4v) is 3.31. The first-order chi connectivity index (χ1) is 11.4. The smallest absolute Gasteiger partial charge is 0.255 e. The van der Waals surface area contributed by atoms with E-state index in [1.54, 1.807) is 35.2 Å². The van der Waals surface area contributed by atoms with E-state index >= 15 is 0 Å². The van der Waals surface area contributed by atoms with Crippen molar-refractivity contribution in [3.63, 3.8) is 0 Å². The first kappa shape index (κ1) is 16.2. The number of carbonyl (C=O) groups excluding carboxylic acids is 2. The molecule has 0 unspecified atom stereocenters. The van der Waals surface area contributed by atoms with Crippen LogP contribution in [0, 0.1) is 11.7 Å². The molecule has 1 aliphatic heterocycles. The van der Waals surface area contributed by atoms with Crippen molar-refractivity contribution in [1.29, 1.82) is 0 Å². The van der Waals surface area contributed by atoms with Crippen LogP contribution in [0.2, 0.25) is 0 Å². The maximum atomic E-state index is 13.2. The topological polar surface area (TPSA) is 63.4 Å². The number of rotatable bonds is 4. The summed E-state index contributed by atoms with van der Waals surface area (Å²) in [5.74, 6) is -0.737. The molecule has 0 fully saturated rings. The van der Waals surface area contributed by atoms with E-state index in [1.165, 1.54) is 12.1 Å². The molecule has 0 saturated carbocycles. The second-order valence-electron chi connectivity index (χ2n) is 6.41. The Bertz CT molecular complexity index is 800. The molecule has 2 N–H and O–H groups in total. The maximum absolute atomic E-state index is 13.2. The zero-order valence-corrected chi connectivity index (χ0v) is 13.6. The molecule has 124 valence electrons. The number of halogens is 1. The van der Waals surface area contributed by atoms with Crippen molar-refractivity contribution < 1.29 is 14.0 Å². The lowest BCUT2D eigenvalue weighted by Gasteiger charge is -2.31. The molecule has 0 saturated heterocycles. The van der Waals surface area contributed by atoms with E-state index in [1.807, 2.05) is 13.8 Å². The third-order valence-electron chi connectivity index (χ3n) is 4.40. The number of hydrogen-bond acceptors (Lipinski definition) is 2. The summed E-state index contributed by atoms with van der Waals surface area (Å²) in [4.78, 5) is 25.9. The summed E-state index contributed by atoms with van der Waals surface area (Å²) in [6.07, 6.45) is 0. The molecule has 1 atom stereocenters. The lowest BCUT2D eigenvalue weighted by Crippen LogP contribution is -2.32. The largest absolute Gasteiger partial charge is 0.366 e. The van der Waals surface area contributed by atoms with Crippen molar-refractivity contribution >= 4 is 11.8 Å². The molecule has 1 heterocycles. The Morgan fingerprint density at radius 1 is 1.17 bits per heavy atom. The predicted molar refractivity (Wildman–Crippen MR) is 88.8 cm³/mol. The molecule has 1 aliphatic rings. The fourth-order valence-electron chi connectivity index (χ4n) is 3.31. The van der Waals surface area contributed by atoms with Gasteiger partial charge in [0.05, 0.1) is 6.04 Å². The van der Waals surface area contributed by atoms with Gasteiger partial charge in [-0.3, -0.25) is 9.59 Å². The fraction of sp³-hybridized carbons (Fsp3) is 0.263. The first-order valence-electron chi connectivity index (χ1n) is 7.87. The number of hydrogen-bond donors (Lipinski definition) is 1. The summed E-state index contributed by atoms with van der Waals surface area (Å²) in [6.45, 7) is 4.47. The van der Waals surface area contributed by atoms with Gasteiger partial charge in [-0.05, 0) is 47.4 Å².